The second-order valence-electron chi connectivity index (χ2n) is 5.54. The number of hydrogen-bond donors (Lipinski definition) is 3. The first-order valence-electron chi connectivity index (χ1n) is 7.32. The Kier molecular flexibility index (Phi) is 7.31. The van der Waals surface area contributed by atoms with Crippen molar-refractivity contribution in [1.29, 1.82) is 0 Å². The number of rotatable bonds is 9. The molecular formula is C15H23N3O4. The van der Waals surface area contributed by atoms with Crippen LogP contribution in [0.15, 0.2) is 24.3 Å². The zero-order chi connectivity index (χ0) is 16.5. The number of carbonyl (C=O) groups excluding carboxylic acids is 1. The number of nitrogens with zero attached hydrogens (tertiary/aromatic N) is 1. The van der Waals surface area contributed by atoms with Crippen LogP contribution in [0.1, 0.15) is 26.7 Å². The van der Waals surface area contributed by atoms with Crippen LogP contribution in [-0.4, -0.2) is 35.1 Å². The Morgan fingerprint density at radius 1 is 1.36 bits per heavy atom. The van der Waals surface area contributed by atoms with E-state index in [0.29, 0.717) is 18.0 Å². The Bertz CT molecular complexity index is 505. The molecule has 0 aliphatic rings. The molecule has 0 heterocycles. The summed E-state index contributed by atoms with van der Waals surface area (Å²) in [6.07, 6.45) is 0.266. The first-order chi connectivity index (χ1) is 10.4. The highest BCUT2D eigenvalue weighted by atomic mass is 16.6. The highest BCUT2D eigenvalue weighted by Crippen LogP contribution is 2.22. The van der Waals surface area contributed by atoms with Gasteiger partial charge in [0.2, 0.25) is 5.91 Å². The number of para-hydroxylation sites is 2. The average molecular weight is 309 g/mol. The predicted octanol–water partition coefficient (Wildman–Crippen LogP) is 1.92. The van der Waals surface area contributed by atoms with Crippen LogP contribution in [0.2, 0.25) is 0 Å². The van der Waals surface area contributed by atoms with E-state index in [2.05, 4.69) is 10.6 Å². The van der Waals surface area contributed by atoms with E-state index in [1.807, 2.05) is 13.8 Å². The number of aliphatic hydroxyl groups excluding tert-OH is 1. The number of nitro groups is 1. The van der Waals surface area contributed by atoms with E-state index >= 15 is 0 Å². The summed E-state index contributed by atoms with van der Waals surface area (Å²) < 4.78 is 0. The number of aliphatic hydroxyl groups is 1. The smallest absolute Gasteiger partial charge is 0.292 e. The van der Waals surface area contributed by atoms with Gasteiger partial charge in [-0.3, -0.25) is 14.9 Å². The average Bonchev–Trinajstić information content (AvgIpc) is 2.45. The molecule has 0 radical (unpaired) electrons. The lowest BCUT2D eigenvalue weighted by Gasteiger charge is -2.14. The van der Waals surface area contributed by atoms with Gasteiger partial charge in [0.05, 0.1) is 11.0 Å². The molecule has 0 aromatic heterocycles. The van der Waals surface area contributed by atoms with Crippen molar-refractivity contribution in [2.75, 3.05) is 18.4 Å². The van der Waals surface area contributed by atoms with Crippen LogP contribution in [0.5, 0.6) is 0 Å². The van der Waals surface area contributed by atoms with Gasteiger partial charge in [-0.1, -0.05) is 26.0 Å². The molecule has 122 valence electrons. The van der Waals surface area contributed by atoms with E-state index in [4.69, 9.17) is 0 Å². The van der Waals surface area contributed by atoms with E-state index < -0.39 is 11.0 Å². The molecule has 1 rings (SSSR count). The van der Waals surface area contributed by atoms with Crippen LogP contribution in [0.3, 0.4) is 0 Å². The number of anilines is 1. The van der Waals surface area contributed by atoms with Crippen LogP contribution in [0.25, 0.3) is 0 Å². The molecule has 1 atom stereocenters. The Labute approximate surface area is 129 Å². The minimum Gasteiger partial charge on any atom is -0.391 e. The molecule has 0 saturated carbocycles. The summed E-state index contributed by atoms with van der Waals surface area (Å²) in [5.41, 5.74) is 0.371. The third-order valence-corrected chi connectivity index (χ3v) is 3.05. The minimum atomic E-state index is -0.549. The van der Waals surface area contributed by atoms with E-state index in [9.17, 15) is 20.0 Å². The van der Waals surface area contributed by atoms with Gasteiger partial charge in [0.15, 0.2) is 0 Å². The van der Waals surface area contributed by atoms with Crippen molar-refractivity contribution in [3.63, 3.8) is 0 Å². The number of nitro benzene ring substituents is 1. The summed E-state index contributed by atoms with van der Waals surface area (Å²) in [5, 5.41) is 26.0. The summed E-state index contributed by atoms with van der Waals surface area (Å²) in [6, 6.07) is 6.29. The zero-order valence-corrected chi connectivity index (χ0v) is 12.9. The lowest BCUT2D eigenvalue weighted by Crippen LogP contribution is -2.33. The van der Waals surface area contributed by atoms with E-state index in [1.54, 1.807) is 18.2 Å². The quantitative estimate of drug-likeness (QED) is 0.477. The third-order valence-electron chi connectivity index (χ3n) is 3.05. The number of benzene rings is 1. The molecule has 1 aromatic rings. The van der Waals surface area contributed by atoms with E-state index in [0.717, 1.165) is 0 Å². The van der Waals surface area contributed by atoms with Crippen LogP contribution < -0.4 is 10.6 Å². The molecule has 7 nitrogen and oxygen atoms in total. The minimum absolute atomic E-state index is 0.0183. The molecule has 22 heavy (non-hydrogen) atoms. The van der Waals surface area contributed by atoms with Crippen LogP contribution in [0.4, 0.5) is 11.4 Å². The van der Waals surface area contributed by atoms with Crippen LogP contribution in [-0.2, 0) is 4.79 Å². The van der Waals surface area contributed by atoms with Crippen molar-refractivity contribution in [3.05, 3.63) is 34.4 Å². The highest BCUT2D eigenvalue weighted by molar-refractivity contribution is 5.76. The molecule has 0 aliphatic carbocycles. The largest absolute Gasteiger partial charge is 0.391 e. The molecule has 0 fully saturated rings. The van der Waals surface area contributed by atoms with Crippen molar-refractivity contribution in [1.82, 2.24) is 5.32 Å². The second kappa shape index (κ2) is 8.99. The van der Waals surface area contributed by atoms with Gasteiger partial charge in [0.25, 0.3) is 5.69 Å². The summed E-state index contributed by atoms with van der Waals surface area (Å²) in [6.45, 7) is 4.52. The monoisotopic (exact) mass is 309 g/mol. The maximum absolute atomic E-state index is 11.6. The first kappa shape index (κ1) is 17.9. The number of hydrogen-bond acceptors (Lipinski definition) is 5. The van der Waals surface area contributed by atoms with Crippen molar-refractivity contribution in [2.45, 2.75) is 32.8 Å². The lowest BCUT2D eigenvalue weighted by molar-refractivity contribution is -0.384. The standard InChI is InChI=1S/C15H23N3O4/c1-11(2)9-12(19)10-17-15(20)7-8-16-13-5-3-4-6-14(13)18(21)22/h3-6,11-12,16,19H,7-10H2,1-2H3,(H,17,20). The fraction of sp³-hybridized carbons (Fsp3) is 0.533. The zero-order valence-electron chi connectivity index (χ0n) is 12.9. The molecule has 7 heteroatoms. The molecular weight excluding hydrogens is 286 g/mol. The Morgan fingerprint density at radius 3 is 2.68 bits per heavy atom. The summed E-state index contributed by atoms with van der Waals surface area (Å²) in [5.74, 6) is 0.168. The van der Waals surface area contributed by atoms with Gasteiger partial charge < -0.3 is 15.7 Å². The normalized spacial score (nSPS) is 12.0. The molecule has 3 N–H and O–H groups in total. The Hall–Kier alpha value is -2.15. The second-order valence-corrected chi connectivity index (χ2v) is 5.54. The maximum Gasteiger partial charge on any atom is 0.292 e. The fourth-order valence-electron chi connectivity index (χ4n) is 2.04. The lowest BCUT2D eigenvalue weighted by atomic mass is 10.1. The molecule has 0 spiro atoms. The SMILES string of the molecule is CC(C)CC(O)CNC(=O)CCNc1ccccc1[N+](=O)[O-]. The van der Waals surface area contributed by atoms with Gasteiger partial charge in [0, 0.05) is 25.6 Å². The molecule has 0 bridgehead atoms. The Balaban J connectivity index is 2.32. The van der Waals surface area contributed by atoms with E-state index in [1.165, 1.54) is 6.07 Å². The van der Waals surface area contributed by atoms with Crippen molar-refractivity contribution in [2.24, 2.45) is 5.92 Å². The van der Waals surface area contributed by atoms with Crippen molar-refractivity contribution in [3.8, 4) is 0 Å². The summed E-state index contributed by atoms with van der Waals surface area (Å²) >= 11 is 0. The van der Waals surface area contributed by atoms with Crippen molar-refractivity contribution < 1.29 is 14.8 Å². The first-order valence-corrected chi connectivity index (χ1v) is 7.32. The van der Waals surface area contributed by atoms with Gasteiger partial charge in [-0.15, -0.1) is 0 Å². The van der Waals surface area contributed by atoms with Gasteiger partial charge in [0.1, 0.15) is 5.69 Å². The van der Waals surface area contributed by atoms with Gasteiger partial charge in [-0.05, 0) is 18.4 Å². The van der Waals surface area contributed by atoms with E-state index in [-0.39, 0.29) is 31.1 Å². The van der Waals surface area contributed by atoms with Crippen LogP contribution in [0, 0.1) is 16.0 Å². The third kappa shape index (κ3) is 6.53. The van der Waals surface area contributed by atoms with Gasteiger partial charge in [-0.2, -0.15) is 0 Å². The van der Waals surface area contributed by atoms with Gasteiger partial charge in [-0.25, -0.2) is 0 Å². The number of nitrogens with one attached hydrogen (secondary N) is 2. The maximum atomic E-state index is 11.6. The summed E-state index contributed by atoms with van der Waals surface area (Å²) in [4.78, 5) is 22.0. The van der Waals surface area contributed by atoms with Crippen molar-refractivity contribution >= 4 is 17.3 Å². The van der Waals surface area contributed by atoms with Gasteiger partial charge >= 0.3 is 0 Å². The molecule has 0 saturated heterocycles. The van der Waals surface area contributed by atoms with Crippen LogP contribution >= 0.6 is 0 Å². The predicted molar refractivity (Wildman–Crippen MR) is 84.7 cm³/mol. The molecule has 1 unspecified atom stereocenters. The summed E-state index contributed by atoms with van der Waals surface area (Å²) in [7, 11) is 0. The Morgan fingerprint density at radius 2 is 2.05 bits per heavy atom. The number of carbonyl (C=O) groups is 1. The number of amides is 1. The fourth-order valence-corrected chi connectivity index (χ4v) is 2.04. The topological polar surface area (TPSA) is 104 Å². The molecule has 0 aliphatic heterocycles. The molecule has 1 aromatic carbocycles. The molecule has 1 amide bonds. The highest BCUT2D eigenvalue weighted by Gasteiger charge is 2.12.